The van der Waals surface area contributed by atoms with E-state index in [1.165, 1.54) is 4.57 Å². The fourth-order valence-corrected chi connectivity index (χ4v) is 3.45. The molecule has 0 radical (unpaired) electrons. The molecule has 0 aliphatic heterocycles. The van der Waals surface area contributed by atoms with Gasteiger partial charge >= 0.3 is 5.69 Å². The minimum Gasteiger partial charge on any atom is -0.455 e. The van der Waals surface area contributed by atoms with Gasteiger partial charge in [-0.25, -0.2) is 4.79 Å². The van der Waals surface area contributed by atoms with Crippen LogP contribution in [0, 0.1) is 6.92 Å². The lowest BCUT2D eigenvalue weighted by Gasteiger charge is -2.11. The smallest absolute Gasteiger partial charge is 0.329 e. The highest BCUT2D eigenvalue weighted by molar-refractivity contribution is 5.91. The largest absolute Gasteiger partial charge is 0.455 e. The molecule has 1 amide bonds. The second kappa shape index (κ2) is 8.24. The van der Waals surface area contributed by atoms with Crippen molar-refractivity contribution in [1.82, 2.24) is 14.1 Å². The molecule has 2 aromatic carbocycles. The highest BCUT2D eigenvalue weighted by Crippen LogP contribution is 2.26. The molecular weight excluding hydrogens is 380 g/mol. The maximum absolute atomic E-state index is 12.7. The SMILES string of the molecule is CCn1c(=O)n(CC(=O)Nc2ccc(Oc3cccnc3)c(C)c2)c2ccccc21. The summed E-state index contributed by atoms with van der Waals surface area (Å²) in [6.07, 6.45) is 3.32. The van der Waals surface area contributed by atoms with Crippen molar-refractivity contribution in [3.63, 3.8) is 0 Å². The Morgan fingerprint density at radius 2 is 1.83 bits per heavy atom. The van der Waals surface area contributed by atoms with Gasteiger partial charge in [0.05, 0.1) is 17.2 Å². The van der Waals surface area contributed by atoms with E-state index in [-0.39, 0.29) is 18.1 Å². The molecule has 2 heterocycles. The van der Waals surface area contributed by atoms with Crippen LogP contribution in [0.2, 0.25) is 0 Å². The molecule has 7 heteroatoms. The second-order valence-corrected chi connectivity index (χ2v) is 6.92. The fourth-order valence-electron chi connectivity index (χ4n) is 3.45. The molecule has 0 saturated heterocycles. The molecule has 0 fully saturated rings. The molecule has 4 rings (SSSR count). The van der Waals surface area contributed by atoms with Crippen molar-refractivity contribution >= 4 is 22.6 Å². The molecule has 0 unspecified atom stereocenters. The first-order chi connectivity index (χ1) is 14.6. The monoisotopic (exact) mass is 402 g/mol. The summed E-state index contributed by atoms with van der Waals surface area (Å²) in [4.78, 5) is 29.4. The van der Waals surface area contributed by atoms with E-state index in [0.717, 1.165) is 16.6 Å². The van der Waals surface area contributed by atoms with E-state index >= 15 is 0 Å². The first kappa shape index (κ1) is 19.4. The number of fused-ring (bicyclic) bond motifs is 1. The minimum atomic E-state index is -0.267. The number of aryl methyl sites for hydroxylation is 2. The molecule has 1 N–H and O–H groups in total. The molecular formula is C23H22N4O3. The number of carbonyl (C=O) groups is 1. The van der Waals surface area contributed by atoms with Crippen LogP contribution in [0.25, 0.3) is 11.0 Å². The van der Waals surface area contributed by atoms with Gasteiger partial charge in [-0.15, -0.1) is 0 Å². The van der Waals surface area contributed by atoms with Crippen molar-refractivity contribution in [3.8, 4) is 11.5 Å². The predicted molar refractivity (Wildman–Crippen MR) is 116 cm³/mol. The van der Waals surface area contributed by atoms with Crippen LogP contribution in [-0.4, -0.2) is 20.0 Å². The summed E-state index contributed by atoms with van der Waals surface area (Å²) in [6, 6.07) is 16.5. The van der Waals surface area contributed by atoms with Crippen molar-refractivity contribution in [2.24, 2.45) is 0 Å². The van der Waals surface area contributed by atoms with Crippen molar-refractivity contribution in [1.29, 1.82) is 0 Å². The first-order valence-corrected chi connectivity index (χ1v) is 9.73. The number of nitrogens with one attached hydrogen (secondary N) is 1. The summed E-state index contributed by atoms with van der Waals surface area (Å²) in [5, 5.41) is 2.87. The van der Waals surface area contributed by atoms with E-state index in [1.807, 2.05) is 50.2 Å². The van der Waals surface area contributed by atoms with E-state index in [0.29, 0.717) is 23.7 Å². The Kier molecular flexibility index (Phi) is 5.34. The van der Waals surface area contributed by atoms with Gasteiger partial charge < -0.3 is 10.1 Å². The topological polar surface area (TPSA) is 78.2 Å². The third kappa shape index (κ3) is 3.82. The summed E-state index contributed by atoms with van der Waals surface area (Å²) in [7, 11) is 0. The average Bonchev–Trinajstić information content (AvgIpc) is 3.01. The van der Waals surface area contributed by atoms with E-state index in [9.17, 15) is 9.59 Å². The van der Waals surface area contributed by atoms with E-state index in [1.54, 1.807) is 35.2 Å². The number of carbonyl (C=O) groups excluding carboxylic acids is 1. The number of hydrogen-bond donors (Lipinski definition) is 1. The number of ether oxygens (including phenoxy) is 1. The van der Waals surface area contributed by atoms with Crippen molar-refractivity contribution in [3.05, 3.63) is 83.0 Å². The Balaban J connectivity index is 1.51. The number of nitrogens with zero attached hydrogens (tertiary/aromatic N) is 3. The van der Waals surface area contributed by atoms with Gasteiger partial charge in [0.1, 0.15) is 18.0 Å². The molecule has 7 nitrogen and oxygen atoms in total. The zero-order chi connectivity index (χ0) is 21.1. The lowest BCUT2D eigenvalue weighted by molar-refractivity contribution is -0.116. The third-order valence-electron chi connectivity index (χ3n) is 4.86. The lowest BCUT2D eigenvalue weighted by Crippen LogP contribution is -2.29. The quantitative estimate of drug-likeness (QED) is 0.530. The third-order valence-corrected chi connectivity index (χ3v) is 4.86. The summed E-state index contributed by atoms with van der Waals surface area (Å²) in [6.45, 7) is 4.31. The molecule has 0 spiro atoms. The number of aromatic nitrogens is 3. The Labute approximate surface area is 173 Å². The molecule has 0 atom stereocenters. The zero-order valence-electron chi connectivity index (χ0n) is 16.8. The number of rotatable bonds is 6. The van der Waals surface area contributed by atoms with Crippen LogP contribution < -0.4 is 15.7 Å². The Morgan fingerprint density at radius 3 is 2.50 bits per heavy atom. The number of imidazole rings is 1. The minimum absolute atomic E-state index is 0.0562. The maximum Gasteiger partial charge on any atom is 0.329 e. The number of hydrogen-bond acceptors (Lipinski definition) is 4. The van der Waals surface area contributed by atoms with Crippen LogP contribution in [-0.2, 0) is 17.9 Å². The van der Waals surface area contributed by atoms with Gasteiger partial charge in [-0.1, -0.05) is 12.1 Å². The van der Waals surface area contributed by atoms with Crippen LogP contribution in [0.3, 0.4) is 0 Å². The molecule has 152 valence electrons. The molecule has 0 saturated carbocycles. The zero-order valence-corrected chi connectivity index (χ0v) is 16.8. The molecule has 0 bridgehead atoms. The van der Waals surface area contributed by atoms with Crippen LogP contribution in [0.1, 0.15) is 12.5 Å². The first-order valence-electron chi connectivity index (χ1n) is 9.73. The highest BCUT2D eigenvalue weighted by atomic mass is 16.5. The van der Waals surface area contributed by atoms with E-state index in [4.69, 9.17) is 4.74 Å². The standard InChI is InChI=1S/C23H22N4O3/c1-3-26-19-8-4-5-9-20(19)27(23(26)29)15-22(28)25-17-10-11-21(16(2)13-17)30-18-7-6-12-24-14-18/h4-14H,3,15H2,1-2H3,(H,25,28). The maximum atomic E-state index is 12.7. The molecule has 2 aromatic heterocycles. The number of benzene rings is 2. The van der Waals surface area contributed by atoms with Gasteiger partial charge in [0.15, 0.2) is 0 Å². The van der Waals surface area contributed by atoms with Gasteiger partial charge in [0.2, 0.25) is 5.91 Å². The van der Waals surface area contributed by atoms with E-state index in [2.05, 4.69) is 10.3 Å². The summed E-state index contributed by atoms with van der Waals surface area (Å²) < 4.78 is 8.99. The van der Waals surface area contributed by atoms with Gasteiger partial charge in [-0.2, -0.15) is 0 Å². The summed E-state index contributed by atoms with van der Waals surface area (Å²) in [5.41, 5.74) is 2.89. The van der Waals surface area contributed by atoms with E-state index < -0.39 is 0 Å². The van der Waals surface area contributed by atoms with Gasteiger partial charge in [-0.3, -0.25) is 18.9 Å². The van der Waals surface area contributed by atoms with Gasteiger partial charge in [0.25, 0.3) is 0 Å². The molecule has 0 aliphatic carbocycles. The average molecular weight is 402 g/mol. The second-order valence-electron chi connectivity index (χ2n) is 6.92. The number of anilines is 1. The number of pyridine rings is 1. The predicted octanol–water partition coefficient (Wildman–Crippen LogP) is 3.96. The highest BCUT2D eigenvalue weighted by Gasteiger charge is 2.15. The van der Waals surface area contributed by atoms with Gasteiger partial charge in [0, 0.05) is 18.4 Å². The molecule has 4 aromatic rings. The Morgan fingerprint density at radius 1 is 1.07 bits per heavy atom. The fraction of sp³-hybridized carbons (Fsp3) is 0.174. The van der Waals surface area contributed by atoms with Crippen LogP contribution in [0.4, 0.5) is 5.69 Å². The number of amides is 1. The van der Waals surface area contributed by atoms with Crippen LogP contribution >= 0.6 is 0 Å². The van der Waals surface area contributed by atoms with Crippen molar-refractivity contribution < 1.29 is 9.53 Å². The van der Waals surface area contributed by atoms with Crippen LogP contribution in [0.5, 0.6) is 11.5 Å². The van der Waals surface area contributed by atoms with Crippen molar-refractivity contribution in [2.45, 2.75) is 26.9 Å². The molecule has 30 heavy (non-hydrogen) atoms. The van der Waals surface area contributed by atoms with Crippen molar-refractivity contribution in [2.75, 3.05) is 5.32 Å². The lowest BCUT2D eigenvalue weighted by atomic mass is 10.2. The normalized spacial score (nSPS) is 10.9. The molecule has 0 aliphatic rings. The van der Waals surface area contributed by atoms with Gasteiger partial charge in [-0.05, 0) is 61.9 Å². The Bertz CT molecular complexity index is 1260. The number of para-hydroxylation sites is 2. The summed E-state index contributed by atoms with van der Waals surface area (Å²) >= 11 is 0. The Hall–Kier alpha value is -3.87. The van der Waals surface area contributed by atoms with Crippen LogP contribution in [0.15, 0.2) is 71.8 Å². The summed E-state index contributed by atoms with van der Waals surface area (Å²) in [5.74, 6) is 1.06.